The topological polar surface area (TPSA) is 54.8 Å². The lowest BCUT2D eigenvalue weighted by molar-refractivity contribution is 0.660. The molecule has 0 bridgehead atoms. The average molecular weight is 770 g/mol. The van der Waals surface area contributed by atoms with Crippen molar-refractivity contribution in [2.24, 2.45) is 0 Å². The van der Waals surface area contributed by atoms with Gasteiger partial charge >= 0.3 is 0 Å². The third-order valence-electron chi connectivity index (χ3n) is 12.2. The van der Waals surface area contributed by atoms with E-state index in [1.54, 1.807) is 24.8 Å². The van der Waals surface area contributed by atoms with Crippen molar-refractivity contribution in [3.63, 3.8) is 0 Å². The highest BCUT2D eigenvalue weighted by Gasteiger charge is 2.36. The maximum atomic E-state index is 4.19. The lowest BCUT2D eigenvalue weighted by atomic mass is 9.81. The summed E-state index contributed by atoms with van der Waals surface area (Å²) in [5, 5.41) is 24.0. The highest BCUT2D eigenvalue weighted by Crippen LogP contribution is 2.51. The third kappa shape index (κ3) is 5.77. The van der Waals surface area contributed by atoms with E-state index >= 15 is 0 Å². The molecule has 284 valence electrons. The first-order chi connectivity index (χ1) is 29.5. The zero-order valence-corrected chi connectivity index (χ0v) is 33.3. The maximum Gasteiger partial charge on any atom is 0.0737 e. The van der Waals surface area contributed by atoms with Crippen LogP contribution in [0.5, 0.6) is 0 Å². The Morgan fingerprint density at radius 1 is 0.433 bits per heavy atom. The van der Waals surface area contributed by atoms with Gasteiger partial charge in [-0.1, -0.05) is 159 Å². The molecule has 0 amide bonds. The molecular weight excluding hydrogens is 731 g/mol. The molecule has 1 aliphatic rings. The standard InChI is InChI=1S/C55H39N5/c1-55(2)50-31-36(22-25-45(50)46-26-24-40(33-51(46)55)60(41-27-29-56-58-34-41)42-28-30-57-59-35-42)21-23-39-32-49(37-13-5-3-6-14-37)53-47-19-11-9-17-43(47)44-18-10-12-20-48(44)54(53)52(39)38-15-7-4-8-16-38/h3-35H,1-2H3/b23-21+. The fourth-order valence-corrected chi connectivity index (χ4v) is 9.47. The lowest BCUT2D eigenvalue weighted by Gasteiger charge is -2.27. The lowest BCUT2D eigenvalue weighted by Crippen LogP contribution is -2.17. The van der Waals surface area contributed by atoms with Gasteiger partial charge in [0.15, 0.2) is 0 Å². The predicted molar refractivity (Wildman–Crippen MR) is 249 cm³/mol. The van der Waals surface area contributed by atoms with Gasteiger partial charge in [-0.15, -0.1) is 0 Å². The first-order valence-electron chi connectivity index (χ1n) is 20.4. The van der Waals surface area contributed by atoms with E-state index in [1.165, 1.54) is 82.4 Å². The van der Waals surface area contributed by atoms with Crippen molar-refractivity contribution in [3.8, 4) is 33.4 Å². The van der Waals surface area contributed by atoms with Gasteiger partial charge < -0.3 is 4.90 Å². The van der Waals surface area contributed by atoms with Crippen LogP contribution in [0.1, 0.15) is 36.1 Å². The Morgan fingerprint density at radius 3 is 1.60 bits per heavy atom. The van der Waals surface area contributed by atoms with Crippen LogP contribution in [0.3, 0.4) is 0 Å². The number of benzene rings is 8. The van der Waals surface area contributed by atoms with Gasteiger partial charge in [0.25, 0.3) is 0 Å². The molecular formula is C55H39N5. The minimum atomic E-state index is -0.248. The van der Waals surface area contributed by atoms with Crippen LogP contribution in [0, 0.1) is 0 Å². The molecule has 5 heteroatoms. The quantitative estimate of drug-likeness (QED) is 0.119. The molecule has 10 aromatic rings. The zero-order valence-electron chi connectivity index (χ0n) is 33.3. The maximum absolute atomic E-state index is 4.19. The molecule has 0 spiro atoms. The molecule has 2 aromatic heterocycles. The Hall–Kier alpha value is -7.76. The Kier molecular flexibility index (Phi) is 8.41. The van der Waals surface area contributed by atoms with Crippen molar-refractivity contribution in [3.05, 3.63) is 211 Å². The van der Waals surface area contributed by atoms with Crippen molar-refractivity contribution in [1.29, 1.82) is 0 Å². The second-order valence-electron chi connectivity index (χ2n) is 16.0. The van der Waals surface area contributed by atoms with E-state index in [9.17, 15) is 0 Å². The Morgan fingerprint density at radius 2 is 0.983 bits per heavy atom. The Bertz CT molecular complexity index is 3230. The van der Waals surface area contributed by atoms with E-state index in [-0.39, 0.29) is 5.41 Å². The van der Waals surface area contributed by atoms with Crippen LogP contribution in [0.2, 0.25) is 0 Å². The Balaban J connectivity index is 1.07. The van der Waals surface area contributed by atoms with Crippen LogP contribution in [0.15, 0.2) is 189 Å². The predicted octanol–water partition coefficient (Wildman–Crippen LogP) is 14.0. The van der Waals surface area contributed by atoms with Gasteiger partial charge in [-0.3, -0.25) is 0 Å². The van der Waals surface area contributed by atoms with Gasteiger partial charge in [0.05, 0.1) is 36.2 Å². The van der Waals surface area contributed by atoms with E-state index in [2.05, 4.69) is 203 Å². The molecule has 11 rings (SSSR count). The van der Waals surface area contributed by atoms with E-state index in [4.69, 9.17) is 0 Å². The number of nitrogens with zero attached hydrogens (tertiary/aromatic N) is 5. The molecule has 60 heavy (non-hydrogen) atoms. The summed E-state index contributed by atoms with van der Waals surface area (Å²) in [6.07, 6.45) is 11.6. The summed E-state index contributed by atoms with van der Waals surface area (Å²) in [6.45, 7) is 4.67. The van der Waals surface area contributed by atoms with Crippen LogP contribution in [-0.4, -0.2) is 20.4 Å². The van der Waals surface area contributed by atoms with Gasteiger partial charge in [0, 0.05) is 11.1 Å². The summed E-state index contributed by atoms with van der Waals surface area (Å²) in [4.78, 5) is 2.15. The Labute approximate surface area is 349 Å². The molecule has 0 saturated carbocycles. The summed E-state index contributed by atoms with van der Waals surface area (Å²) in [7, 11) is 0. The summed E-state index contributed by atoms with van der Waals surface area (Å²) in [5.74, 6) is 0. The minimum Gasteiger partial charge on any atom is -0.307 e. The molecule has 0 fully saturated rings. The highest BCUT2D eigenvalue weighted by atomic mass is 15.2. The van der Waals surface area contributed by atoms with Crippen LogP contribution >= 0.6 is 0 Å². The van der Waals surface area contributed by atoms with Crippen LogP contribution < -0.4 is 4.90 Å². The van der Waals surface area contributed by atoms with Crippen molar-refractivity contribution in [1.82, 2.24) is 20.4 Å². The average Bonchev–Trinajstić information content (AvgIpc) is 3.53. The second-order valence-corrected chi connectivity index (χ2v) is 16.0. The molecule has 0 N–H and O–H groups in total. The molecule has 0 radical (unpaired) electrons. The highest BCUT2D eigenvalue weighted by molar-refractivity contribution is 6.32. The van der Waals surface area contributed by atoms with Crippen molar-refractivity contribution < 1.29 is 0 Å². The number of anilines is 3. The smallest absolute Gasteiger partial charge is 0.0737 e. The normalized spacial score (nSPS) is 12.9. The van der Waals surface area contributed by atoms with Gasteiger partial charge in [-0.25, -0.2) is 0 Å². The molecule has 1 aliphatic carbocycles. The minimum absolute atomic E-state index is 0.248. The molecule has 2 heterocycles. The van der Waals surface area contributed by atoms with E-state index < -0.39 is 0 Å². The summed E-state index contributed by atoms with van der Waals surface area (Å²) < 4.78 is 0. The summed E-state index contributed by atoms with van der Waals surface area (Å²) in [5.41, 5.74) is 14.9. The number of fused-ring (bicyclic) bond motifs is 9. The monoisotopic (exact) mass is 769 g/mol. The van der Waals surface area contributed by atoms with Crippen LogP contribution in [0.25, 0.3) is 77.9 Å². The second kappa shape index (κ2) is 14.3. The molecule has 0 saturated heterocycles. The summed E-state index contributed by atoms with van der Waals surface area (Å²) in [6, 6.07) is 59.6. The molecule has 8 aromatic carbocycles. The zero-order chi connectivity index (χ0) is 40.2. The first-order valence-corrected chi connectivity index (χ1v) is 20.4. The SMILES string of the molecule is CC1(C)c2cc(/C=C/c3cc(-c4ccccc4)c4c5ccccc5c5ccccc5c4c3-c3ccccc3)ccc2-c2ccc(N(c3ccnnc3)c3ccnnc3)cc21. The van der Waals surface area contributed by atoms with Gasteiger partial charge in [0.2, 0.25) is 0 Å². The number of hydrogen-bond acceptors (Lipinski definition) is 5. The molecule has 5 nitrogen and oxygen atoms in total. The van der Waals surface area contributed by atoms with Crippen molar-refractivity contribution in [2.45, 2.75) is 19.3 Å². The van der Waals surface area contributed by atoms with Gasteiger partial charge in [0.1, 0.15) is 0 Å². The molecule has 0 atom stereocenters. The number of rotatable bonds is 7. The molecule has 0 unspecified atom stereocenters. The van der Waals surface area contributed by atoms with Gasteiger partial charge in [-0.05, 0) is 118 Å². The fraction of sp³-hybridized carbons (Fsp3) is 0.0545. The first kappa shape index (κ1) is 35.4. The van der Waals surface area contributed by atoms with Crippen molar-refractivity contribution in [2.75, 3.05) is 4.90 Å². The van der Waals surface area contributed by atoms with E-state index in [1.807, 2.05) is 12.1 Å². The van der Waals surface area contributed by atoms with E-state index in [0.717, 1.165) is 22.6 Å². The third-order valence-corrected chi connectivity index (χ3v) is 12.2. The van der Waals surface area contributed by atoms with Crippen LogP contribution in [-0.2, 0) is 5.41 Å². The van der Waals surface area contributed by atoms with Crippen LogP contribution in [0.4, 0.5) is 17.1 Å². The molecule has 0 aliphatic heterocycles. The summed E-state index contributed by atoms with van der Waals surface area (Å²) >= 11 is 0. The van der Waals surface area contributed by atoms with E-state index in [0.29, 0.717) is 0 Å². The largest absolute Gasteiger partial charge is 0.307 e. The van der Waals surface area contributed by atoms with Gasteiger partial charge in [-0.2, -0.15) is 20.4 Å². The number of aromatic nitrogens is 4. The number of hydrogen-bond donors (Lipinski definition) is 0. The fourth-order valence-electron chi connectivity index (χ4n) is 9.47. The van der Waals surface area contributed by atoms with Crippen molar-refractivity contribution >= 4 is 61.5 Å².